The van der Waals surface area contributed by atoms with Crippen molar-refractivity contribution in [1.29, 1.82) is 0 Å². The predicted octanol–water partition coefficient (Wildman–Crippen LogP) is 2.57. The van der Waals surface area contributed by atoms with Crippen molar-refractivity contribution in [2.75, 3.05) is 25.3 Å². The number of nitrogens with zero attached hydrogens (tertiary/aromatic N) is 1. The molecule has 0 aliphatic carbocycles. The number of fused-ring (bicyclic) bond motifs is 2. The lowest BCUT2D eigenvalue weighted by molar-refractivity contribution is 0.0527. The molecule has 0 fully saturated rings. The maximum Gasteiger partial charge on any atom is 0.341 e. The fraction of sp³-hybridized carbons (Fsp3) is 0.333. The highest BCUT2D eigenvalue weighted by Gasteiger charge is 2.20. The molecular formula is C15H16N2O4. The van der Waals surface area contributed by atoms with Crippen molar-refractivity contribution < 1.29 is 19.0 Å². The Bertz CT molecular complexity index is 700. The first kappa shape index (κ1) is 13.5. The molecule has 110 valence electrons. The van der Waals surface area contributed by atoms with Gasteiger partial charge in [-0.1, -0.05) is 0 Å². The minimum absolute atomic E-state index is 0.201. The van der Waals surface area contributed by atoms with E-state index >= 15 is 0 Å². The molecule has 2 aromatic rings. The molecule has 21 heavy (non-hydrogen) atoms. The quantitative estimate of drug-likeness (QED) is 0.872. The third kappa shape index (κ3) is 2.33. The van der Waals surface area contributed by atoms with E-state index in [9.17, 15) is 4.79 Å². The molecule has 0 spiro atoms. The summed E-state index contributed by atoms with van der Waals surface area (Å²) >= 11 is 0. The first-order valence-corrected chi connectivity index (χ1v) is 6.88. The average molecular weight is 288 g/mol. The number of hydrogen-bond acceptors (Lipinski definition) is 6. The zero-order valence-corrected chi connectivity index (χ0v) is 11.9. The molecule has 0 unspecified atom stereocenters. The molecule has 2 heterocycles. The van der Waals surface area contributed by atoms with Crippen molar-refractivity contribution in [2.24, 2.45) is 0 Å². The van der Waals surface area contributed by atoms with Gasteiger partial charge in [-0.2, -0.15) is 0 Å². The first-order chi connectivity index (χ1) is 10.2. The predicted molar refractivity (Wildman–Crippen MR) is 78.0 cm³/mol. The van der Waals surface area contributed by atoms with Gasteiger partial charge >= 0.3 is 5.97 Å². The van der Waals surface area contributed by atoms with Crippen molar-refractivity contribution in [2.45, 2.75) is 13.8 Å². The first-order valence-electron chi connectivity index (χ1n) is 6.88. The van der Waals surface area contributed by atoms with E-state index in [4.69, 9.17) is 14.2 Å². The van der Waals surface area contributed by atoms with E-state index in [-0.39, 0.29) is 12.8 Å². The summed E-state index contributed by atoms with van der Waals surface area (Å²) in [6, 6.07) is 3.65. The highest BCUT2D eigenvalue weighted by molar-refractivity contribution is 6.05. The van der Waals surface area contributed by atoms with E-state index in [2.05, 4.69) is 10.3 Å². The van der Waals surface area contributed by atoms with Crippen LogP contribution in [-0.4, -0.2) is 30.9 Å². The third-order valence-corrected chi connectivity index (χ3v) is 3.21. The Hall–Kier alpha value is -2.50. The van der Waals surface area contributed by atoms with Crippen molar-refractivity contribution in [3.63, 3.8) is 0 Å². The Morgan fingerprint density at radius 2 is 2.10 bits per heavy atom. The van der Waals surface area contributed by atoms with Gasteiger partial charge in [0.2, 0.25) is 6.79 Å². The molecule has 1 N–H and O–H groups in total. The summed E-state index contributed by atoms with van der Waals surface area (Å²) in [5.74, 6) is 0.936. The normalized spacial score (nSPS) is 12.5. The maximum absolute atomic E-state index is 12.1. The van der Waals surface area contributed by atoms with Crippen molar-refractivity contribution in [3.8, 4) is 11.5 Å². The lowest BCUT2D eigenvalue weighted by atomic mass is 10.1. The summed E-state index contributed by atoms with van der Waals surface area (Å²) in [7, 11) is 0. The van der Waals surface area contributed by atoms with Gasteiger partial charge in [0.05, 0.1) is 17.8 Å². The van der Waals surface area contributed by atoms with Crippen LogP contribution >= 0.6 is 0 Å². The minimum atomic E-state index is -0.388. The summed E-state index contributed by atoms with van der Waals surface area (Å²) in [4.78, 5) is 16.4. The van der Waals surface area contributed by atoms with Crippen LogP contribution in [-0.2, 0) is 4.74 Å². The van der Waals surface area contributed by atoms with Crippen LogP contribution in [0, 0.1) is 0 Å². The smallest absolute Gasteiger partial charge is 0.341 e. The molecule has 1 aromatic carbocycles. The Labute approximate surface area is 122 Å². The van der Waals surface area contributed by atoms with Crippen LogP contribution in [0.2, 0.25) is 0 Å². The summed E-state index contributed by atoms with van der Waals surface area (Å²) in [6.45, 7) is 4.95. The third-order valence-electron chi connectivity index (χ3n) is 3.21. The van der Waals surface area contributed by atoms with E-state index in [1.54, 1.807) is 6.92 Å². The number of rotatable bonds is 4. The molecule has 0 saturated heterocycles. The van der Waals surface area contributed by atoms with Crippen LogP contribution in [0.1, 0.15) is 24.2 Å². The number of nitrogens with one attached hydrogen (secondary N) is 1. The number of hydrogen-bond donors (Lipinski definition) is 1. The molecule has 6 nitrogen and oxygen atoms in total. The maximum atomic E-state index is 12.1. The molecule has 0 amide bonds. The molecule has 0 atom stereocenters. The van der Waals surface area contributed by atoms with E-state index in [1.165, 1.54) is 6.20 Å². The number of ether oxygens (including phenoxy) is 3. The average Bonchev–Trinajstić information content (AvgIpc) is 2.93. The molecule has 1 aliphatic rings. The topological polar surface area (TPSA) is 69.7 Å². The summed E-state index contributed by atoms with van der Waals surface area (Å²) < 4.78 is 15.8. The second-order valence-electron chi connectivity index (χ2n) is 4.52. The SMILES string of the molecule is CCNc1c(C(=O)OCC)cnc2cc3c(cc12)OCO3. The number of benzene rings is 1. The van der Waals surface area contributed by atoms with E-state index in [1.807, 2.05) is 19.1 Å². The van der Waals surface area contributed by atoms with Gasteiger partial charge in [-0.15, -0.1) is 0 Å². The fourth-order valence-electron chi connectivity index (χ4n) is 2.31. The Morgan fingerprint density at radius 3 is 2.81 bits per heavy atom. The highest BCUT2D eigenvalue weighted by Crippen LogP contribution is 2.38. The Morgan fingerprint density at radius 1 is 1.33 bits per heavy atom. The van der Waals surface area contributed by atoms with Crippen molar-refractivity contribution in [3.05, 3.63) is 23.9 Å². The van der Waals surface area contributed by atoms with E-state index in [0.717, 1.165) is 10.9 Å². The molecular weight excluding hydrogens is 272 g/mol. The second-order valence-corrected chi connectivity index (χ2v) is 4.52. The van der Waals surface area contributed by atoms with Gasteiger partial charge < -0.3 is 19.5 Å². The van der Waals surface area contributed by atoms with E-state index in [0.29, 0.717) is 35.9 Å². The summed E-state index contributed by atoms with van der Waals surface area (Å²) in [6.07, 6.45) is 1.53. The summed E-state index contributed by atoms with van der Waals surface area (Å²) in [5.41, 5.74) is 1.87. The van der Waals surface area contributed by atoms with Gasteiger partial charge in [0.1, 0.15) is 5.56 Å². The van der Waals surface area contributed by atoms with E-state index < -0.39 is 0 Å². The lowest BCUT2D eigenvalue weighted by Crippen LogP contribution is -2.11. The number of aromatic nitrogens is 1. The number of esters is 1. The minimum Gasteiger partial charge on any atom is -0.462 e. The number of carbonyl (C=O) groups excluding carboxylic acids is 1. The van der Waals surface area contributed by atoms with Gasteiger partial charge in [0.25, 0.3) is 0 Å². The second kappa shape index (κ2) is 5.47. The van der Waals surface area contributed by atoms with Crippen LogP contribution in [0.25, 0.3) is 10.9 Å². The highest BCUT2D eigenvalue weighted by atomic mass is 16.7. The van der Waals surface area contributed by atoms with Crippen molar-refractivity contribution >= 4 is 22.6 Å². The zero-order chi connectivity index (χ0) is 14.8. The Kier molecular flexibility index (Phi) is 3.51. The summed E-state index contributed by atoms with van der Waals surface area (Å²) in [5, 5.41) is 4.02. The number of pyridine rings is 1. The zero-order valence-electron chi connectivity index (χ0n) is 11.9. The van der Waals surface area contributed by atoms with Crippen LogP contribution in [0.15, 0.2) is 18.3 Å². The monoisotopic (exact) mass is 288 g/mol. The molecule has 0 radical (unpaired) electrons. The number of anilines is 1. The van der Waals surface area contributed by atoms with Gasteiger partial charge in [-0.3, -0.25) is 4.98 Å². The van der Waals surface area contributed by atoms with Crippen LogP contribution < -0.4 is 14.8 Å². The fourth-order valence-corrected chi connectivity index (χ4v) is 2.31. The molecule has 1 aromatic heterocycles. The van der Waals surface area contributed by atoms with Crippen LogP contribution in [0.3, 0.4) is 0 Å². The molecule has 1 aliphatic heterocycles. The van der Waals surface area contributed by atoms with Crippen LogP contribution in [0.4, 0.5) is 5.69 Å². The number of carbonyl (C=O) groups is 1. The molecule has 3 rings (SSSR count). The molecule has 0 saturated carbocycles. The molecule has 6 heteroatoms. The van der Waals surface area contributed by atoms with Gasteiger partial charge in [-0.05, 0) is 19.9 Å². The van der Waals surface area contributed by atoms with Gasteiger partial charge in [0, 0.05) is 24.2 Å². The largest absolute Gasteiger partial charge is 0.462 e. The Balaban J connectivity index is 2.18. The van der Waals surface area contributed by atoms with Gasteiger partial charge in [-0.25, -0.2) is 4.79 Å². The van der Waals surface area contributed by atoms with Gasteiger partial charge in [0.15, 0.2) is 11.5 Å². The molecule has 0 bridgehead atoms. The lowest BCUT2D eigenvalue weighted by Gasteiger charge is -2.13. The van der Waals surface area contributed by atoms with Crippen LogP contribution in [0.5, 0.6) is 11.5 Å². The standard InChI is InChI=1S/C15H16N2O4/c1-3-16-14-9-5-12-13(21-8-20-12)6-11(9)17-7-10(14)15(18)19-4-2/h5-7H,3-4,8H2,1-2H3,(H,16,17). The van der Waals surface area contributed by atoms with Crippen molar-refractivity contribution in [1.82, 2.24) is 4.98 Å².